The molecule has 0 aliphatic carbocycles. The second-order valence-electron chi connectivity index (χ2n) is 1.18. The molecule has 0 saturated heterocycles. The Balaban J connectivity index is 3.94. The molecular formula is C3HN3O2. The Morgan fingerprint density at radius 3 is 2.00 bits per heavy atom. The summed E-state index contributed by atoms with van der Waals surface area (Å²) in [6.45, 7) is 0. The van der Waals surface area contributed by atoms with Crippen LogP contribution in [0.15, 0.2) is 9.59 Å². The molecular weight excluding hydrogens is 110 g/mol. The average molecular weight is 111 g/mol. The van der Waals surface area contributed by atoms with Crippen LogP contribution in [0.5, 0.6) is 0 Å². The highest BCUT2D eigenvalue weighted by atomic mass is 16.2. The van der Waals surface area contributed by atoms with Gasteiger partial charge in [-0.3, -0.25) is 15.0 Å². The third kappa shape index (κ3) is 0.446. The van der Waals surface area contributed by atoms with E-state index in [2.05, 4.69) is 10.2 Å². The summed E-state index contributed by atoms with van der Waals surface area (Å²) in [5.74, 6) is 0. The summed E-state index contributed by atoms with van der Waals surface area (Å²) in [4.78, 5) is 20.2. The average Bonchev–Trinajstić information content (AvgIpc) is 1.98. The molecule has 0 aliphatic rings. The molecule has 0 aliphatic heterocycles. The lowest BCUT2D eigenvalue weighted by molar-refractivity contribution is 0.983. The molecule has 0 aromatic carbocycles. The van der Waals surface area contributed by atoms with Crippen molar-refractivity contribution in [1.29, 1.82) is 5.41 Å². The van der Waals surface area contributed by atoms with E-state index in [4.69, 9.17) is 5.41 Å². The smallest absolute Gasteiger partial charge is 0.279 e. The zero-order valence-corrected chi connectivity index (χ0v) is 3.71. The van der Waals surface area contributed by atoms with Gasteiger partial charge in [0.2, 0.25) is 5.49 Å². The summed E-state index contributed by atoms with van der Waals surface area (Å²) < 4.78 is 0. The maximum atomic E-state index is 10.1. The van der Waals surface area contributed by atoms with Gasteiger partial charge in [0.25, 0.3) is 5.43 Å². The van der Waals surface area contributed by atoms with Crippen LogP contribution in [0.25, 0.3) is 0 Å². The third-order valence-corrected chi connectivity index (χ3v) is 0.650. The molecule has 1 rings (SSSR count). The van der Waals surface area contributed by atoms with Gasteiger partial charge < -0.3 is 0 Å². The van der Waals surface area contributed by atoms with Gasteiger partial charge in [-0.25, -0.2) is 0 Å². The Morgan fingerprint density at radius 2 is 1.88 bits per heavy atom. The number of hydrogen-bond acceptors (Lipinski definition) is 5. The fraction of sp³-hybridized carbons (Fsp3) is 0. The van der Waals surface area contributed by atoms with Gasteiger partial charge in [-0.1, -0.05) is 0 Å². The van der Waals surface area contributed by atoms with E-state index in [9.17, 15) is 9.59 Å². The van der Waals surface area contributed by atoms with Gasteiger partial charge in [-0.2, -0.15) is 0 Å². The van der Waals surface area contributed by atoms with Gasteiger partial charge in [0.15, 0.2) is 0 Å². The molecule has 40 valence electrons. The predicted molar refractivity (Wildman–Crippen MR) is 22.8 cm³/mol. The van der Waals surface area contributed by atoms with E-state index < -0.39 is 16.5 Å². The SMILES string of the molecule is N=c1nnc(=O)c1=O. The molecule has 5 heteroatoms. The van der Waals surface area contributed by atoms with Crippen LogP contribution in [-0.2, 0) is 0 Å². The van der Waals surface area contributed by atoms with Crippen molar-refractivity contribution in [1.82, 2.24) is 10.2 Å². The molecule has 0 spiro atoms. The van der Waals surface area contributed by atoms with E-state index in [1.165, 1.54) is 0 Å². The van der Waals surface area contributed by atoms with Gasteiger partial charge in [0.05, 0.1) is 0 Å². The number of nitrogens with zero attached hydrogens (tertiary/aromatic N) is 2. The van der Waals surface area contributed by atoms with Crippen molar-refractivity contribution in [2.75, 3.05) is 0 Å². The first-order valence-corrected chi connectivity index (χ1v) is 1.81. The summed E-state index contributed by atoms with van der Waals surface area (Å²) in [7, 11) is 0. The van der Waals surface area contributed by atoms with Crippen molar-refractivity contribution in [3.05, 3.63) is 26.1 Å². The van der Waals surface area contributed by atoms with Gasteiger partial charge >= 0.3 is 5.56 Å². The molecule has 0 bridgehead atoms. The third-order valence-electron chi connectivity index (χ3n) is 0.650. The molecule has 0 unspecified atom stereocenters. The second-order valence-corrected chi connectivity index (χ2v) is 1.18. The van der Waals surface area contributed by atoms with Crippen molar-refractivity contribution >= 4 is 0 Å². The minimum Gasteiger partial charge on any atom is -0.279 e. The zero-order chi connectivity index (χ0) is 6.15. The van der Waals surface area contributed by atoms with Crippen molar-refractivity contribution in [3.63, 3.8) is 0 Å². The van der Waals surface area contributed by atoms with Crippen LogP contribution in [0, 0.1) is 5.41 Å². The van der Waals surface area contributed by atoms with Gasteiger partial charge in [-0.15, -0.1) is 10.2 Å². The Bertz CT molecular complexity index is 291. The second kappa shape index (κ2) is 1.29. The van der Waals surface area contributed by atoms with Gasteiger partial charge in [0.1, 0.15) is 0 Å². The minimum absolute atomic E-state index is 0.574. The van der Waals surface area contributed by atoms with Crippen LogP contribution in [0.3, 0.4) is 0 Å². The van der Waals surface area contributed by atoms with Crippen molar-refractivity contribution in [2.45, 2.75) is 0 Å². The summed E-state index contributed by atoms with van der Waals surface area (Å²) in [5.41, 5.74) is -2.45. The summed E-state index contributed by atoms with van der Waals surface area (Å²) in [6, 6.07) is 0. The molecule has 1 aromatic rings. The lowest BCUT2D eigenvalue weighted by Gasteiger charge is -1.47. The highest BCUT2D eigenvalue weighted by molar-refractivity contribution is 4.77. The minimum atomic E-state index is -0.949. The molecule has 5 nitrogen and oxygen atoms in total. The van der Waals surface area contributed by atoms with Crippen molar-refractivity contribution in [3.8, 4) is 0 Å². The number of hydrogen-bond donors (Lipinski definition) is 1. The number of rotatable bonds is 0. The molecule has 1 aromatic heterocycles. The maximum Gasteiger partial charge on any atom is 0.339 e. The summed E-state index contributed by atoms with van der Waals surface area (Å²) in [6.07, 6.45) is 0. The quantitative estimate of drug-likeness (QED) is 0.377. The summed E-state index contributed by atoms with van der Waals surface area (Å²) in [5, 5.41) is 12.3. The number of aromatic nitrogens is 2. The Kier molecular flexibility index (Phi) is 0.768. The first kappa shape index (κ1) is 4.76. The highest BCUT2D eigenvalue weighted by Crippen LogP contribution is 1.28. The monoisotopic (exact) mass is 111 g/mol. The normalized spacial score (nSPS) is 9.50. The van der Waals surface area contributed by atoms with Gasteiger partial charge in [-0.05, 0) is 0 Å². The zero-order valence-electron chi connectivity index (χ0n) is 3.71. The Morgan fingerprint density at radius 1 is 1.25 bits per heavy atom. The number of nitrogens with one attached hydrogen (secondary N) is 1. The lowest BCUT2D eigenvalue weighted by atomic mass is 10.7. The van der Waals surface area contributed by atoms with E-state index in [0.717, 1.165) is 0 Å². The van der Waals surface area contributed by atoms with Crippen LogP contribution in [0.4, 0.5) is 0 Å². The van der Waals surface area contributed by atoms with Crippen LogP contribution in [0.2, 0.25) is 0 Å². The van der Waals surface area contributed by atoms with Crippen LogP contribution in [-0.4, -0.2) is 10.2 Å². The fourth-order valence-electron chi connectivity index (χ4n) is 0.288. The van der Waals surface area contributed by atoms with Crippen LogP contribution < -0.4 is 16.5 Å². The Labute approximate surface area is 42.8 Å². The van der Waals surface area contributed by atoms with Gasteiger partial charge in [0, 0.05) is 0 Å². The standard InChI is InChI=1S/C3HN3O2/c4-2-1(7)3(8)6-5-2/h4H. The molecule has 1 heterocycles. The van der Waals surface area contributed by atoms with E-state index in [-0.39, 0.29) is 0 Å². The Hall–Kier alpha value is -1.39. The van der Waals surface area contributed by atoms with E-state index >= 15 is 0 Å². The molecule has 1 N–H and O–H groups in total. The first-order chi connectivity index (χ1) is 3.72. The predicted octanol–water partition coefficient (Wildman–Crippen LogP) is -2.45. The maximum absolute atomic E-state index is 10.1. The van der Waals surface area contributed by atoms with E-state index in [1.807, 2.05) is 0 Å². The van der Waals surface area contributed by atoms with Crippen molar-refractivity contribution < 1.29 is 0 Å². The molecule has 8 heavy (non-hydrogen) atoms. The van der Waals surface area contributed by atoms with Crippen LogP contribution >= 0.6 is 0 Å². The largest absolute Gasteiger partial charge is 0.339 e. The molecule has 0 atom stereocenters. The molecule has 0 amide bonds. The first-order valence-electron chi connectivity index (χ1n) is 1.81. The van der Waals surface area contributed by atoms with E-state index in [0.29, 0.717) is 0 Å². The fourth-order valence-corrected chi connectivity index (χ4v) is 0.288. The van der Waals surface area contributed by atoms with E-state index in [1.54, 1.807) is 0 Å². The topological polar surface area (TPSA) is 83.8 Å². The molecule has 0 fully saturated rings. The van der Waals surface area contributed by atoms with Crippen molar-refractivity contribution in [2.24, 2.45) is 0 Å². The highest BCUT2D eigenvalue weighted by Gasteiger charge is 1.96. The lowest BCUT2D eigenvalue weighted by Crippen LogP contribution is -2.30. The molecule has 0 saturated carbocycles. The van der Waals surface area contributed by atoms with Crippen LogP contribution in [0.1, 0.15) is 0 Å². The molecule has 0 radical (unpaired) electrons. The summed E-state index contributed by atoms with van der Waals surface area (Å²) >= 11 is 0.